The highest BCUT2D eigenvalue weighted by molar-refractivity contribution is 7.47. The van der Waals surface area contributed by atoms with Crippen LogP contribution in [-0.4, -0.2) is 95.9 Å². The molecule has 0 aliphatic carbocycles. The molecule has 5 unspecified atom stereocenters. The molecule has 0 aliphatic rings. The minimum atomic E-state index is -4.91. The Morgan fingerprint density at radius 3 is 1.11 bits per heavy atom. The lowest BCUT2D eigenvalue weighted by Gasteiger charge is -2.21. The molecule has 0 saturated carbocycles. The molecule has 0 heterocycles. The SMILES string of the molecule is CC/C=C\C/C=C\C/C=C\CCCCCCCCCC(=O)OCC(O)COP(=O)(O)OCC(O)COP(=O)(O)OCC(COC(=O)CCCCCCC/C=C\C/C=C\CCC)OC(=O)CCCCCCCCCCCCCCC. The molecule has 0 rings (SSSR count). The van der Waals surface area contributed by atoms with Crippen molar-refractivity contribution in [2.45, 2.75) is 270 Å². The van der Waals surface area contributed by atoms with Crippen molar-refractivity contribution in [1.29, 1.82) is 0 Å². The van der Waals surface area contributed by atoms with Crippen LogP contribution in [0.25, 0.3) is 0 Å². The van der Waals surface area contributed by atoms with Crippen LogP contribution in [0.1, 0.15) is 252 Å². The van der Waals surface area contributed by atoms with Gasteiger partial charge in [-0.05, 0) is 77.0 Å². The lowest BCUT2D eigenvalue weighted by Crippen LogP contribution is -2.30. The number of carbonyl (C=O) groups is 3. The summed E-state index contributed by atoms with van der Waals surface area (Å²) in [4.78, 5) is 58.1. The number of unbranched alkanes of at least 4 members (excludes halogenated alkanes) is 25. The second-order valence-corrected chi connectivity index (χ2v) is 23.4. The number of aliphatic hydroxyl groups excluding tert-OH is 2. The summed E-state index contributed by atoms with van der Waals surface area (Å²) in [6.07, 6.45) is 52.9. The van der Waals surface area contributed by atoms with Crippen LogP contribution < -0.4 is 0 Å². The first kappa shape index (κ1) is 76.2. The summed E-state index contributed by atoms with van der Waals surface area (Å²) in [6.45, 7) is 2.46. The van der Waals surface area contributed by atoms with Gasteiger partial charge >= 0.3 is 33.6 Å². The monoisotopic (exact) mass is 1160 g/mol. The van der Waals surface area contributed by atoms with Gasteiger partial charge in [0.05, 0.1) is 26.4 Å². The molecular formula is C61H110O16P2. The van der Waals surface area contributed by atoms with Crippen molar-refractivity contribution in [1.82, 2.24) is 0 Å². The van der Waals surface area contributed by atoms with Crippen LogP contribution in [0.4, 0.5) is 0 Å². The van der Waals surface area contributed by atoms with Crippen LogP contribution in [0.5, 0.6) is 0 Å². The number of esters is 3. The van der Waals surface area contributed by atoms with Gasteiger partial charge in [0.15, 0.2) is 6.10 Å². The summed E-state index contributed by atoms with van der Waals surface area (Å²) in [7, 11) is -9.75. The predicted molar refractivity (Wildman–Crippen MR) is 316 cm³/mol. The van der Waals surface area contributed by atoms with Gasteiger partial charge in [-0.25, -0.2) is 9.13 Å². The van der Waals surface area contributed by atoms with Crippen molar-refractivity contribution in [2.75, 3.05) is 39.6 Å². The van der Waals surface area contributed by atoms with Crippen molar-refractivity contribution < 1.29 is 75.8 Å². The maximum atomic E-state index is 12.8. The minimum Gasteiger partial charge on any atom is -0.463 e. The number of phosphoric ester groups is 2. The molecule has 16 nitrogen and oxygen atoms in total. The summed E-state index contributed by atoms with van der Waals surface area (Å²) in [5, 5.41) is 20.5. The molecule has 79 heavy (non-hydrogen) atoms. The van der Waals surface area contributed by atoms with Crippen LogP contribution in [0.15, 0.2) is 60.8 Å². The van der Waals surface area contributed by atoms with E-state index in [4.69, 9.17) is 32.3 Å². The average molecular weight is 1160 g/mol. The molecule has 0 fully saturated rings. The van der Waals surface area contributed by atoms with Crippen molar-refractivity contribution in [3.8, 4) is 0 Å². The van der Waals surface area contributed by atoms with Gasteiger partial charge in [0.25, 0.3) is 0 Å². The molecule has 460 valence electrons. The second kappa shape index (κ2) is 55.8. The highest BCUT2D eigenvalue weighted by Crippen LogP contribution is 2.45. The topological polar surface area (TPSA) is 231 Å². The Kier molecular flexibility index (Phi) is 53.8. The summed E-state index contributed by atoms with van der Waals surface area (Å²) in [6, 6.07) is 0. The van der Waals surface area contributed by atoms with E-state index in [1.165, 1.54) is 51.4 Å². The van der Waals surface area contributed by atoms with Crippen molar-refractivity contribution in [3.05, 3.63) is 60.8 Å². The third kappa shape index (κ3) is 56.9. The smallest absolute Gasteiger partial charge is 0.463 e. The van der Waals surface area contributed by atoms with E-state index < -0.39 is 91.5 Å². The van der Waals surface area contributed by atoms with Crippen LogP contribution in [-0.2, 0) is 55.8 Å². The third-order valence-corrected chi connectivity index (χ3v) is 14.6. The molecule has 0 amide bonds. The maximum absolute atomic E-state index is 12.8. The fourth-order valence-electron chi connectivity index (χ4n) is 8.03. The van der Waals surface area contributed by atoms with Gasteiger partial charge in [0.1, 0.15) is 25.4 Å². The Balaban J connectivity index is 4.65. The maximum Gasteiger partial charge on any atom is 0.472 e. The summed E-state index contributed by atoms with van der Waals surface area (Å²) in [5.74, 6) is -1.59. The largest absolute Gasteiger partial charge is 0.472 e. The Morgan fingerprint density at radius 1 is 0.367 bits per heavy atom. The lowest BCUT2D eigenvalue weighted by atomic mass is 10.0. The average Bonchev–Trinajstić information content (AvgIpc) is 3.42. The minimum absolute atomic E-state index is 0.106. The van der Waals surface area contributed by atoms with E-state index in [0.29, 0.717) is 19.3 Å². The summed E-state index contributed by atoms with van der Waals surface area (Å²) < 4.78 is 60.6. The van der Waals surface area contributed by atoms with Crippen LogP contribution in [0.2, 0.25) is 0 Å². The number of carbonyl (C=O) groups excluding carboxylic acids is 3. The molecule has 0 aliphatic heterocycles. The molecule has 18 heteroatoms. The fraction of sp³-hybridized carbons (Fsp3) is 0.787. The molecule has 4 N–H and O–H groups in total. The number of rotatable bonds is 58. The predicted octanol–water partition coefficient (Wildman–Crippen LogP) is 15.9. The van der Waals surface area contributed by atoms with Crippen molar-refractivity contribution >= 4 is 33.6 Å². The Bertz CT molecular complexity index is 1700. The Morgan fingerprint density at radius 2 is 0.696 bits per heavy atom. The second-order valence-electron chi connectivity index (χ2n) is 20.5. The van der Waals surface area contributed by atoms with E-state index in [1.807, 2.05) is 0 Å². The van der Waals surface area contributed by atoms with E-state index >= 15 is 0 Å². The number of hydrogen-bond acceptors (Lipinski definition) is 14. The van der Waals surface area contributed by atoms with Crippen molar-refractivity contribution in [2.24, 2.45) is 0 Å². The van der Waals surface area contributed by atoms with Gasteiger partial charge < -0.3 is 34.2 Å². The molecular weight excluding hydrogens is 1050 g/mol. The van der Waals surface area contributed by atoms with E-state index in [1.54, 1.807) is 0 Å². The van der Waals surface area contributed by atoms with E-state index in [-0.39, 0.29) is 19.3 Å². The zero-order chi connectivity index (χ0) is 58.2. The van der Waals surface area contributed by atoms with Gasteiger partial charge in [-0.2, -0.15) is 0 Å². The molecule has 5 atom stereocenters. The van der Waals surface area contributed by atoms with Crippen LogP contribution >= 0.6 is 15.6 Å². The number of ether oxygens (including phenoxy) is 3. The highest BCUT2D eigenvalue weighted by Gasteiger charge is 2.29. The number of phosphoric acid groups is 2. The number of hydrogen-bond donors (Lipinski definition) is 4. The van der Waals surface area contributed by atoms with E-state index in [0.717, 1.165) is 141 Å². The first-order valence-corrected chi connectivity index (χ1v) is 33.6. The molecule has 0 aromatic carbocycles. The van der Waals surface area contributed by atoms with Gasteiger partial charge in [-0.3, -0.25) is 32.5 Å². The number of allylic oxidation sites excluding steroid dienone is 10. The molecule has 0 aromatic heterocycles. The van der Waals surface area contributed by atoms with E-state index in [2.05, 4.69) is 81.5 Å². The zero-order valence-corrected chi connectivity index (χ0v) is 51.1. The normalized spacial score (nSPS) is 14.9. The van der Waals surface area contributed by atoms with Gasteiger partial charge in [0.2, 0.25) is 0 Å². The summed E-state index contributed by atoms with van der Waals surface area (Å²) >= 11 is 0. The first-order valence-electron chi connectivity index (χ1n) is 30.6. The third-order valence-electron chi connectivity index (χ3n) is 12.7. The van der Waals surface area contributed by atoms with Crippen LogP contribution in [0, 0.1) is 0 Å². The Hall–Kier alpha value is -2.75. The standard InChI is InChI=1S/C61H110O16P2/c1-4-7-10-13-16-19-22-25-26-27-28-31-33-35-38-41-44-47-59(64)71-50-56(62)51-73-78(67,68)74-52-57(63)53-75-79(69,70)76-55-58(77-61(66)49-46-43-40-37-34-30-24-21-18-15-12-9-6-3)54-72-60(65)48-45-42-39-36-32-29-23-20-17-14-11-8-5-2/h7,10-11,14,16,19-20,23,25-26,56-58,62-63H,4-6,8-9,12-13,15,17-18,21-22,24,27-55H2,1-3H3,(H,67,68)(H,69,70)/b10-7-,14-11-,19-16-,23-20-,26-25-. The fourth-order valence-corrected chi connectivity index (χ4v) is 9.62. The van der Waals surface area contributed by atoms with Gasteiger partial charge in [0, 0.05) is 19.3 Å². The highest BCUT2D eigenvalue weighted by atomic mass is 31.2. The van der Waals surface area contributed by atoms with Crippen molar-refractivity contribution in [3.63, 3.8) is 0 Å². The molecule has 0 spiro atoms. The quantitative estimate of drug-likeness (QED) is 0.0146. The molecule has 0 saturated heterocycles. The molecule has 0 bridgehead atoms. The molecule has 0 aromatic rings. The molecule has 0 radical (unpaired) electrons. The zero-order valence-electron chi connectivity index (χ0n) is 49.3. The van der Waals surface area contributed by atoms with Crippen LogP contribution in [0.3, 0.4) is 0 Å². The number of aliphatic hydroxyl groups is 2. The van der Waals surface area contributed by atoms with Gasteiger partial charge in [-0.15, -0.1) is 0 Å². The summed E-state index contributed by atoms with van der Waals surface area (Å²) in [5.41, 5.74) is 0. The van der Waals surface area contributed by atoms with Gasteiger partial charge in [-0.1, -0.05) is 216 Å². The Labute approximate surface area is 478 Å². The first-order chi connectivity index (χ1) is 38.2. The lowest BCUT2D eigenvalue weighted by molar-refractivity contribution is -0.161. The van der Waals surface area contributed by atoms with E-state index in [9.17, 15) is 43.5 Å².